The number of cyclic esters (lactones) is 1. The molecule has 1 aliphatic heterocycles. The summed E-state index contributed by atoms with van der Waals surface area (Å²) in [6, 6.07) is -3.95. The third kappa shape index (κ3) is 11.5. The lowest BCUT2D eigenvalue weighted by molar-refractivity contribution is -0.154. The summed E-state index contributed by atoms with van der Waals surface area (Å²) in [5, 5.41) is 12.9. The second-order valence-corrected chi connectivity index (χ2v) is 10.6. The molecule has 12 nitrogen and oxygen atoms in total. The molecule has 12 heteroatoms. The summed E-state index contributed by atoms with van der Waals surface area (Å²) in [4.78, 5) is 76.5. The number of hydrogen-bond acceptors (Lipinski definition) is 7. The van der Waals surface area contributed by atoms with Gasteiger partial charge in [-0.25, -0.2) is 4.79 Å². The van der Waals surface area contributed by atoms with Crippen LogP contribution in [0.3, 0.4) is 0 Å². The van der Waals surface area contributed by atoms with Crippen LogP contribution in [0, 0.1) is 11.8 Å². The Labute approximate surface area is 225 Å². The van der Waals surface area contributed by atoms with Gasteiger partial charge in [-0.15, -0.1) is 0 Å². The van der Waals surface area contributed by atoms with Crippen LogP contribution >= 0.6 is 0 Å². The van der Waals surface area contributed by atoms with Gasteiger partial charge in [0.2, 0.25) is 29.5 Å². The molecular formula is C26H45N5O7. The van der Waals surface area contributed by atoms with E-state index >= 15 is 0 Å². The maximum Gasteiger partial charge on any atom is 0.328 e. The van der Waals surface area contributed by atoms with Crippen molar-refractivity contribution in [2.24, 2.45) is 11.8 Å². The molecule has 0 bridgehead atoms. The molecule has 0 unspecified atom stereocenters. The molecule has 1 saturated heterocycles. The van der Waals surface area contributed by atoms with Gasteiger partial charge < -0.3 is 31.3 Å². The Morgan fingerprint density at radius 3 is 2.03 bits per heavy atom. The molecule has 0 aliphatic carbocycles. The van der Waals surface area contributed by atoms with Crippen LogP contribution in [0.2, 0.25) is 0 Å². The van der Waals surface area contributed by atoms with E-state index in [4.69, 9.17) is 4.74 Å². The van der Waals surface area contributed by atoms with E-state index in [0.29, 0.717) is 19.3 Å². The monoisotopic (exact) mass is 539 g/mol. The molecule has 216 valence electrons. The van der Waals surface area contributed by atoms with E-state index in [1.54, 1.807) is 13.8 Å². The van der Waals surface area contributed by atoms with Crippen LogP contribution in [0.1, 0.15) is 80.6 Å². The molecule has 0 spiro atoms. The first-order valence-corrected chi connectivity index (χ1v) is 13.4. The minimum atomic E-state index is -1.03. The third-order valence-corrected chi connectivity index (χ3v) is 6.09. The van der Waals surface area contributed by atoms with Crippen molar-refractivity contribution in [2.75, 3.05) is 6.54 Å². The van der Waals surface area contributed by atoms with E-state index in [-0.39, 0.29) is 24.8 Å². The van der Waals surface area contributed by atoms with Gasteiger partial charge >= 0.3 is 5.97 Å². The molecule has 1 aliphatic rings. The number of hydrogen-bond donors (Lipinski definition) is 5. The molecule has 0 saturated carbocycles. The number of esters is 1. The Bertz CT molecular complexity index is 861. The lowest BCUT2D eigenvalue weighted by atomic mass is 9.99. The van der Waals surface area contributed by atoms with Crippen molar-refractivity contribution >= 4 is 35.5 Å². The number of ether oxygens (including phenoxy) is 1. The second-order valence-electron chi connectivity index (χ2n) is 10.6. The quantitative estimate of drug-likeness (QED) is 0.302. The van der Waals surface area contributed by atoms with Crippen LogP contribution in [0.5, 0.6) is 0 Å². The van der Waals surface area contributed by atoms with Gasteiger partial charge in [0, 0.05) is 0 Å². The molecule has 0 aromatic carbocycles. The first-order chi connectivity index (χ1) is 17.7. The second kappa shape index (κ2) is 15.9. The van der Waals surface area contributed by atoms with Crippen molar-refractivity contribution in [2.45, 2.75) is 111 Å². The van der Waals surface area contributed by atoms with Gasteiger partial charge in [0.25, 0.3) is 0 Å². The molecular weight excluding hydrogens is 494 g/mol. The molecule has 0 aromatic rings. The SMILES string of the molecule is CCCC[C@H]1CC(=O)NCC(=O)N[C@@H](C(C)C)C(=O)N[C@@H](CC(C)C)C(=O)N[C@H](C)C(=O)N[C@@H](C)C(=O)O1. The van der Waals surface area contributed by atoms with Crippen LogP contribution in [0.25, 0.3) is 0 Å². The summed E-state index contributed by atoms with van der Waals surface area (Å²) < 4.78 is 5.50. The van der Waals surface area contributed by atoms with E-state index in [9.17, 15) is 28.8 Å². The molecule has 0 aromatic heterocycles. The summed E-state index contributed by atoms with van der Waals surface area (Å²) in [6.45, 7) is 11.8. The zero-order chi connectivity index (χ0) is 29.0. The minimum absolute atomic E-state index is 0.0366. The largest absolute Gasteiger partial charge is 0.460 e. The van der Waals surface area contributed by atoms with E-state index in [0.717, 1.165) is 6.42 Å². The summed E-state index contributed by atoms with van der Waals surface area (Å²) in [7, 11) is 0. The summed E-state index contributed by atoms with van der Waals surface area (Å²) >= 11 is 0. The number of carbonyl (C=O) groups excluding carboxylic acids is 6. The highest BCUT2D eigenvalue weighted by Crippen LogP contribution is 2.12. The molecule has 5 N–H and O–H groups in total. The highest BCUT2D eigenvalue weighted by atomic mass is 16.5. The van der Waals surface area contributed by atoms with Gasteiger partial charge in [-0.2, -0.15) is 0 Å². The number of amides is 5. The Hall–Kier alpha value is -3.18. The first-order valence-electron chi connectivity index (χ1n) is 13.4. The number of rotatable bonds is 6. The van der Waals surface area contributed by atoms with Crippen LogP contribution < -0.4 is 26.6 Å². The fourth-order valence-electron chi connectivity index (χ4n) is 3.86. The highest BCUT2D eigenvalue weighted by molar-refractivity contribution is 5.95. The van der Waals surface area contributed by atoms with Crippen LogP contribution in [0.4, 0.5) is 0 Å². The summed E-state index contributed by atoms with van der Waals surface area (Å²) in [5.41, 5.74) is 0. The molecule has 5 atom stereocenters. The Kier molecular flexibility index (Phi) is 13.8. The molecule has 38 heavy (non-hydrogen) atoms. The van der Waals surface area contributed by atoms with Crippen molar-refractivity contribution in [3.8, 4) is 0 Å². The van der Waals surface area contributed by atoms with Crippen LogP contribution in [-0.2, 0) is 33.5 Å². The molecule has 0 radical (unpaired) electrons. The van der Waals surface area contributed by atoms with Crippen molar-refractivity contribution in [3.05, 3.63) is 0 Å². The Morgan fingerprint density at radius 1 is 0.816 bits per heavy atom. The smallest absolute Gasteiger partial charge is 0.328 e. The fourth-order valence-corrected chi connectivity index (χ4v) is 3.86. The van der Waals surface area contributed by atoms with Gasteiger partial charge in [0.15, 0.2) is 0 Å². The zero-order valence-electron chi connectivity index (χ0n) is 23.6. The average Bonchev–Trinajstić information content (AvgIpc) is 2.82. The summed E-state index contributed by atoms with van der Waals surface area (Å²) in [5.74, 6) is -3.78. The lowest BCUT2D eigenvalue weighted by Crippen LogP contribution is -2.58. The molecule has 1 heterocycles. The fraction of sp³-hybridized carbons (Fsp3) is 0.769. The van der Waals surface area contributed by atoms with Gasteiger partial charge in [-0.3, -0.25) is 24.0 Å². The van der Waals surface area contributed by atoms with Gasteiger partial charge in [0.05, 0.1) is 13.0 Å². The standard InChI is InChI=1S/C26H45N5O7/c1-8-9-10-18-12-20(32)27-13-21(33)31-22(15(4)5)25(36)30-19(11-14(2)3)24(35)28-16(6)23(34)29-17(7)26(37)38-18/h14-19,22H,8-13H2,1-7H3,(H,27,32)(H,28,35)(H,29,34)(H,30,36)(H,31,33)/t16-,17+,18+,19+,22+/m1/s1. The van der Waals surface area contributed by atoms with E-state index in [2.05, 4.69) is 26.6 Å². The zero-order valence-corrected chi connectivity index (χ0v) is 23.6. The van der Waals surface area contributed by atoms with Gasteiger partial charge in [-0.05, 0) is 38.5 Å². The predicted molar refractivity (Wildman–Crippen MR) is 140 cm³/mol. The molecule has 1 rings (SSSR count). The van der Waals surface area contributed by atoms with Crippen LogP contribution in [-0.4, -0.2) is 72.3 Å². The lowest BCUT2D eigenvalue weighted by Gasteiger charge is -2.27. The minimum Gasteiger partial charge on any atom is -0.460 e. The predicted octanol–water partition coefficient (Wildman–Crippen LogP) is 0.289. The van der Waals surface area contributed by atoms with Gasteiger partial charge in [-0.1, -0.05) is 47.5 Å². The Morgan fingerprint density at radius 2 is 1.45 bits per heavy atom. The van der Waals surface area contributed by atoms with Crippen molar-refractivity contribution in [1.82, 2.24) is 26.6 Å². The normalized spacial score (nSPS) is 27.2. The Balaban J connectivity index is 3.24. The molecule has 5 amide bonds. The van der Waals surface area contributed by atoms with Crippen molar-refractivity contribution < 1.29 is 33.5 Å². The summed E-state index contributed by atoms with van der Waals surface area (Å²) in [6.07, 6.45) is 1.35. The topological polar surface area (TPSA) is 172 Å². The van der Waals surface area contributed by atoms with E-state index in [1.807, 2.05) is 20.8 Å². The van der Waals surface area contributed by atoms with Gasteiger partial charge in [0.1, 0.15) is 30.3 Å². The third-order valence-electron chi connectivity index (χ3n) is 6.09. The molecule has 1 fully saturated rings. The maximum absolute atomic E-state index is 13.1. The highest BCUT2D eigenvalue weighted by Gasteiger charge is 2.31. The van der Waals surface area contributed by atoms with E-state index < -0.39 is 65.8 Å². The average molecular weight is 540 g/mol. The first kappa shape index (κ1) is 32.8. The number of carbonyl (C=O) groups is 6. The number of unbranched alkanes of at least 4 members (excludes halogenated alkanes) is 1. The van der Waals surface area contributed by atoms with Crippen molar-refractivity contribution in [3.63, 3.8) is 0 Å². The van der Waals surface area contributed by atoms with Crippen LogP contribution in [0.15, 0.2) is 0 Å². The maximum atomic E-state index is 13.1. The van der Waals surface area contributed by atoms with Crippen molar-refractivity contribution in [1.29, 1.82) is 0 Å². The number of nitrogens with one attached hydrogen (secondary N) is 5. The van der Waals surface area contributed by atoms with E-state index in [1.165, 1.54) is 13.8 Å².